The topological polar surface area (TPSA) is 77.2 Å². The fraction of sp³-hybridized carbons (Fsp3) is 0.429. The number of hydrogen-bond acceptors (Lipinski definition) is 4. The van der Waals surface area contributed by atoms with Crippen LogP contribution in [0.3, 0.4) is 0 Å². The van der Waals surface area contributed by atoms with E-state index >= 15 is 0 Å². The Hall–Kier alpha value is -2.40. The quantitative estimate of drug-likeness (QED) is 0.865. The predicted molar refractivity (Wildman–Crippen MR) is 102 cm³/mol. The van der Waals surface area contributed by atoms with Crippen LogP contribution in [-0.2, 0) is 6.61 Å². The summed E-state index contributed by atoms with van der Waals surface area (Å²) in [5.41, 5.74) is 9.56. The van der Waals surface area contributed by atoms with Gasteiger partial charge in [0.25, 0.3) is 5.91 Å². The maximum absolute atomic E-state index is 12.6. The first-order valence-corrected chi connectivity index (χ1v) is 9.22. The number of hydrogen-bond donors (Lipinski definition) is 2. The van der Waals surface area contributed by atoms with E-state index in [9.17, 15) is 4.79 Å². The van der Waals surface area contributed by atoms with Crippen LogP contribution in [0.5, 0.6) is 5.75 Å². The maximum atomic E-state index is 12.6. The standard InChI is InChI=1S/C21H27N3O2/c1-14-10-17(21(25)24-19-7-5-18(22)6-8-19)11-15(2)20(14)26-13-16-4-3-9-23-12-16/h3-4,9-12,18-19H,5-8,13,22H2,1-2H3,(H,24,25). The van der Waals surface area contributed by atoms with Crippen molar-refractivity contribution in [2.75, 3.05) is 0 Å². The molecule has 1 aromatic heterocycles. The summed E-state index contributed by atoms with van der Waals surface area (Å²) in [4.78, 5) is 16.7. The molecule has 1 aliphatic carbocycles. The monoisotopic (exact) mass is 353 g/mol. The second-order valence-electron chi connectivity index (χ2n) is 7.17. The SMILES string of the molecule is Cc1cc(C(=O)NC2CCC(N)CC2)cc(C)c1OCc1cccnc1. The normalized spacial score (nSPS) is 19.8. The van der Waals surface area contributed by atoms with Gasteiger partial charge in [0, 0.05) is 35.6 Å². The highest BCUT2D eigenvalue weighted by Gasteiger charge is 2.21. The number of benzene rings is 1. The lowest BCUT2D eigenvalue weighted by molar-refractivity contribution is 0.0925. The number of rotatable bonds is 5. The number of aromatic nitrogens is 1. The van der Waals surface area contributed by atoms with Gasteiger partial charge in [-0.1, -0.05) is 6.07 Å². The molecule has 0 saturated heterocycles. The van der Waals surface area contributed by atoms with Crippen LogP contribution in [0, 0.1) is 13.8 Å². The lowest BCUT2D eigenvalue weighted by atomic mass is 9.91. The number of aryl methyl sites for hydroxylation is 2. The number of carbonyl (C=O) groups is 1. The number of nitrogens with one attached hydrogen (secondary N) is 1. The van der Waals surface area contributed by atoms with Crippen molar-refractivity contribution in [1.29, 1.82) is 0 Å². The Balaban J connectivity index is 1.65. The molecule has 0 aliphatic heterocycles. The second kappa shape index (κ2) is 8.32. The maximum Gasteiger partial charge on any atom is 0.251 e. The van der Waals surface area contributed by atoms with Gasteiger partial charge in [0.1, 0.15) is 12.4 Å². The van der Waals surface area contributed by atoms with Gasteiger partial charge in [0.05, 0.1) is 0 Å². The Bertz CT molecular complexity index is 730. The Morgan fingerprint density at radius 1 is 1.23 bits per heavy atom. The molecule has 138 valence electrons. The first-order chi connectivity index (χ1) is 12.5. The van der Waals surface area contributed by atoms with Gasteiger partial charge in [-0.25, -0.2) is 0 Å². The van der Waals surface area contributed by atoms with E-state index in [4.69, 9.17) is 10.5 Å². The summed E-state index contributed by atoms with van der Waals surface area (Å²) in [7, 11) is 0. The highest BCUT2D eigenvalue weighted by atomic mass is 16.5. The van der Waals surface area contributed by atoms with Gasteiger partial charge < -0.3 is 15.8 Å². The molecule has 1 aliphatic rings. The van der Waals surface area contributed by atoms with E-state index in [0.717, 1.165) is 48.1 Å². The summed E-state index contributed by atoms with van der Waals surface area (Å²) in [6.07, 6.45) is 7.40. The van der Waals surface area contributed by atoms with Crippen molar-refractivity contribution in [2.24, 2.45) is 5.73 Å². The lowest BCUT2D eigenvalue weighted by Gasteiger charge is -2.27. The lowest BCUT2D eigenvalue weighted by Crippen LogP contribution is -2.40. The Kier molecular flexibility index (Phi) is 5.89. The molecule has 1 aromatic carbocycles. The summed E-state index contributed by atoms with van der Waals surface area (Å²) in [6.45, 7) is 4.41. The van der Waals surface area contributed by atoms with E-state index in [-0.39, 0.29) is 18.0 Å². The highest BCUT2D eigenvalue weighted by Crippen LogP contribution is 2.26. The summed E-state index contributed by atoms with van der Waals surface area (Å²) < 4.78 is 5.96. The van der Waals surface area contributed by atoms with Crippen molar-refractivity contribution in [3.63, 3.8) is 0 Å². The Morgan fingerprint density at radius 3 is 2.54 bits per heavy atom. The number of ether oxygens (including phenoxy) is 1. The minimum atomic E-state index is -0.0181. The highest BCUT2D eigenvalue weighted by molar-refractivity contribution is 5.95. The molecule has 0 spiro atoms. The number of nitrogens with two attached hydrogens (primary N) is 1. The van der Waals surface area contributed by atoms with Crippen LogP contribution in [0.15, 0.2) is 36.7 Å². The van der Waals surface area contributed by atoms with E-state index in [0.29, 0.717) is 12.2 Å². The van der Waals surface area contributed by atoms with Crippen LogP contribution in [-0.4, -0.2) is 23.0 Å². The third-order valence-corrected chi connectivity index (χ3v) is 4.94. The fourth-order valence-corrected chi connectivity index (χ4v) is 3.48. The van der Waals surface area contributed by atoms with Crippen molar-refractivity contribution < 1.29 is 9.53 Å². The van der Waals surface area contributed by atoms with Gasteiger partial charge in [-0.05, 0) is 68.9 Å². The molecule has 0 radical (unpaired) electrons. The molecule has 1 amide bonds. The average molecular weight is 353 g/mol. The van der Waals surface area contributed by atoms with Crippen molar-refractivity contribution in [3.05, 3.63) is 58.9 Å². The summed E-state index contributed by atoms with van der Waals surface area (Å²) in [6, 6.07) is 8.18. The molecule has 0 atom stereocenters. The Labute approximate surface area is 155 Å². The molecule has 3 N–H and O–H groups in total. The molecule has 3 rings (SSSR count). The minimum Gasteiger partial charge on any atom is -0.488 e. The molecular formula is C21H27N3O2. The van der Waals surface area contributed by atoms with Gasteiger partial charge >= 0.3 is 0 Å². The van der Waals surface area contributed by atoms with E-state index in [2.05, 4.69) is 10.3 Å². The molecule has 0 unspecified atom stereocenters. The molecule has 1 fully saturated rings. The van der Waals surface area contributed by atoms with Crippen molar-refractivity contribution in [3.8, 4) is 5.75 Å². The van der Waals surface area contributed by atoms with Crippen LogP contribution >= 0.6 is 0 Å². The van der Waals surface area contributed by atoms with Gasteiger partial charge in [0.15, 0.2) is 0 Å². The molecule has 5 heteroatoms. The molecule has 1 heterocycles. The molecule has 0 bridgehead atoms. The van der Waals surface area contributed by atoms with Gasteiger partial charge in [-0.3, -0.25) is 9.78 Å². The number of amides is 1. The minimum absolute atomic E-state index is 0.0181. The second-order valence-corrected chi connectivity index (χ2v) is 7.17. The van der Waals surface area contributed by atoms with Crippen LogP contribution in [0.2, 0.25) is 0 Å². The van der Waals surface area contributed by atoms with Crippen molar-refractivity contribution >= 4 is 5.91 Å². The molecular weight excluding hydrogens is 326 g/mol. The van der Waals surface area contributed by atoms with Crippen LogP contribution in [0.4, 0.5) is 0 Å². The average Bonchev–Trinajstić information content (AvgIpc) is 2.63. The number of pyridine rings is 1. The smallest absolute Gasteiger partial charge is 0.251 e. The number of nitrogens with zero attached hydrogens (tertiary/aromatic N) is 1. The summed E-state index contributed by atoms with van der Waals surface area (Å²) >= 11 is 0. The van der Waals surface area contributed by atoms with Crippen LogP contribution in [0.1, 0.15) is 52.7 Å². The molecule has 1 saturated carbocycles. The van der Waals surface area contributed by atoms with E-state index in [1.807, 2.05) is 38.1 Å². The zero-order valence-electron chi connectivity index (χ0n) is 15.5. The van der Waals surface area contributed by atoms with Crippen LogP contribution in [0.25, 0.3) is 0 Å². The fourth-order valence-electron chi connectivity index (χ4n) is 3.48. The zero-order valence-corrected chi connectivity index (χ0v) is 15.5. The van der Waals surface area contributed by atoms with Crippen LogP contribution < -0.4 is 15.8 Å². The largest absolute Gasteiger partial charge is 0.488 e. The number of carbonyl (C=O) groups excluding carboxylic acids is 1. The third kappa shape index (κ3) is 4.61. The molecule has 2 aromatic rings. The summed E-state index contributed by atoms with van der Waals surface area (Å²) in [5, 5.41) is 3.14. The van der Waals surface area contributed by atoms with Gasteiger partial charge in [0.2, 0.25) is 0 Å². The van der Waals surface area contributed by atoms with E-state index < -0.39 is 0 Å². The Morgan fingerprint density at radius 2 is 1.92 bits per heavy atom. The van der Waals surface area contributed by atoms with E-state index in [1.54, 1.807) is 12.4 Å². The molecule has 5 nitrogen and oxygen atoms in total. The van der Waals surface area contributed by atoms with Crippen molar-refractivity contribution in [2.45, 2.75) is 58.2 Å². The first-order valence-electron chi connectivity index (χ1n) is 9.22. The molecule has 26 heavy (non-hydrogen) atoms. The predicted octanol–water partition coefficient (Wildman–Crippen LogP) is 3.28. The first kappa shape index (κ1) is 18.4. The van der Waals surface area contributed by atoms with Gasteiger partial charge in [-0.2, -0.15) is 0 Å². The van der Waals surface area contributed by atoms with E-state index in [1.165, 1.54) is 0 Å². The van der Waals surface area contributed by atoms with Gasteiger partial charge in [-0.15, -0.1) is 0 Å². The third-order valence-electron chi connectivity index (χ3n) is 4.94. The van der Waals surface area contributed by atoms with Crippen molar-refractivity contribution in [1.82, 2.24) is 10.3 Å². The summed E-state index contributed by atoms with van der Waals surface area (Å²) in [5.74, 6) is 0.810. The zero-order chi connectivity index (χ0) is 18.5.